The SMILES string of the molecule is CCCCCCCCCCCCCCOC(C)(C(=O)CCCCCCCCCCC)[N+](C)(CC)CC. The number of unbranched alkanes of at least 4 members (excludes halogenated alkanes) is 19. The number of ether oxygens (including phenoxy) is 1. The van der Waals surface area contributed by atoms with E-state index < -0.39 is 5.72 Å². The van der Waals surface area contributed by atoms with Crippen LogP contribution in [0.1, 0.15) is 176 Å². The summed E-state index contributed by atoms with van der Waals surface area (Å²) in [4.78, 5) is 13.4. The Labute approximate surface area is 228 Å². The monoisotopic (exact) mass is 511 g/mol. The van der Waals surface area contributed by atoms with Crippen molar-refractivity contribution in [2.45, 2.75) is 182 Å². The van der Waals surface area contributed by atoms with Crippen molar-refractivity contribution in [2.75, 3.05) is 26.7 Å². The molecule has 0 bridgehead atoms. The average molecular weight is 511 g/mol. The predicted molar refractivity (Wildman–Crippen MR) is 160 cm³/mol. The Bertz CT molecular complexity index is 488. The second-order valence-electron chi connectivity index (χ2n) is 11.8. The first-order chi connectivity index (χ1) is 17.4. The molecular weight excluding hydrogens is 442 g/mol. The lowest BCUT2D eigenvalue weighted by molar-refractivity contribution is -0.967. The highest BCUT2D eigenvalue weighted by Gasteiger charge is 2.49. The number of carbonyl (C=O) groups is 1. The van der Waals surface area contributed by atoms with Gasteiger partial charge in [-0.3, -0.25) is 9.28 Å². The molecule has 0 aliphatic carbocycles. The first-order valence-corrected chi connectivity index (χ1v) is 16.4. The number of ketones is 1. The summed E-state index contributed by atoms with van der Waals surface area (Å²) in [6, 6.07) is 0. The number of nitrogens with zero attached hydrogens (tertiary/aromatic N) is 1. The molecule has 3 nitrogen and oxygen atoms in total. The summed E-state index contributed by atoms with van der Waals surface area (Å²) in [7, 11) is 2.20. The van der Waals surface area contributed by atoms with E-state index >= 15 is 0 Å². The Kier molecular flexibility index (Phi) is 23.4. The molecule has 0 spiro atoms. The zero-order chi connectivity index (χ0) is 27.0. The molecule has 0 heterocycles. The highest BCUT2D eigenvalue weighted by atomic mass is 16.5. The summed E-state index contributed by atoms with van der Waals surface area (Å²) < 4.78 is 7.17. The third kappa shape index (κ3) is 15.8. The smallest absolute Gasteiger partial charge is 0.260 e. The number of likely N-dealkylation sites (N-methyl/N-ethyl adjacent to an activating group) is 1. The van der Waals surface area contributed by atoms with Crippen LogP contribution in [0.3, 0.4) is 0 Å². The van der Waals surface area contributed by atoms with Crippen molar-refractivity contribution in [3.05, 3.63) is 0 Å². The van der Waals surface area contributed by atoms with Gasteiger partial charge in [0.2, 0.25) is 5.78 Å². The summed E-state index contributed by atoms with van der Waals surface area (Å²) in [6.45, 7) is 13.6. The van der Waals surface area contributed by atoms with E-state index in [1.807, 2.05) is 0 Å². The van der Waals surface area contributed by atoms with E-state index in [1.54, 1.807) is 0 Å². The Morgan fingerprint density at radius 3 is 1.25 bits per heavy atom. The van der Waals surface area contributed by atoms with Crippen molar-refractivity contribution in [3.8, 4) is 0 Å². The van der Waals surface area contributed by atoms with Crippen LogP contribution in [0, 0.1) is 0 Å². The van der Waals surface area contributed by atoms with Gasteiger partial charge in [0.15, 0.2) is 0 Å². The topological polar surface area (TPSA) is 26.3 Å². The fraction of sp³-hybridized carbons (Fsp3) is 0.970. The van der Waals surface area contributed by atoms with Crippen LogP contribution in [-0.4, -0.2) is 42.7 Å². The van der Waals surface area contributed by atoms with E-state index in [0.29, 0.717) is 23.3 Å². The van der Waals surface area contributed by atoms with Gasteiger partial charge in [-0.15, -0.1) is 0 Å². The van der Waals surface area contributed by atoms with E-state index in [2.05, 4.69) is 41.7 Å². The van der Waals surface area contributed by atoms with Crippen LogP contribution in [0.4, 0.5) is 0 Å². The first-order valence-electron chi connectivity index (χ1n) is 16.4. The Morgan fingerprint density at radius 1 is 0.556 bits per heavy atom. The van der Waals surface area contributed by atoms with E-state index in [1.165, 1.54) is 122 Å². The van der Waals surface area contributed by atoms with Crippen LogP contribution in [0.2, 0.25) is 0 Å². The number of rotatable bonds is 28. The summed E-state index contributed by atoms with van der Waals surface area (Å²) in [5.74, 6) is 0.315. The second kappa shape index (κ2) is 23.7. The molecular formula is C33H68NO2+. The van der Waals surface area contributed by atoms with Crippen LogP contribution in [0.25, 0.3) is 0 Å². The molecule has 0 saturated carbocycles. The van der Waals surface area contributed by atoms with E-state index in [9.17, 15) is 4.79 Å². The van der Waals surface area contributed by atoms with Gasteiger partial charge in [0.25, 0.3) is 5.72 Å². The third-order valence-electron chi connectivity index (χ3n) is 8.83. The fourth-order valence-corrected chi connectivity index (χ4v) is 5.41. The number of Topliss-reactive ketones (excluding diaryl/α,β-unsaturated/α-hetero) is 1. The predicted octanol–water partition coefficient (Wildman–Crippen LogP) is 10.4. The third-order valence-corrected chi connectivity index (χ3v) is 8.83. The summed E-state index contributed by atoms with van der Waals surface area (Å²) in [5.41, 5.74) is -0.707. The van der Waals surface area contributed by atoms with E-state index in [0.717, 1.165) is 25.9 Å². The Hall–Kier alpha value is -0.410. The normalized spacial score (nSPS) is 13.7. The Balaban J connectivity index is 4.21. The quantitative estimate of drug-likeness (QED) is 0.0594. The van der Waals surface area contributed by atoms with Gasteiger partial charge in [-0.1, -0.05) is 136 Å². The molecule has 0 N–H and O–H groups in total. The zero-order valence-electron chi connectivity index (χ0n) is 25.9. The maximum absolute atomic E-state index is 13.4. The lowest BCUT2D eigenvalue weighted by Gasteiger charge is -2.46. The molecule has 216 valence electrons. The molecule has 0 amide bonds. The maximum Gasteiger partial charge on any atom is 0.260 e. The minimum atomic E-state index is -0.707. The highest BCUT2D eigenvalue weighted by molar-refractivity contribution is 5.85. The van der Waals surface area contributed by atoms with Crippen LogP contribution in [-0.2, 0) is 9.53 Å². The summed E-state index contributed by atoms with van der Waals surface area (Å²) in [5, 5.41) is 0. The van der Waals surface area contributed by atoms with Gasteiger partial charge < -0.3 is 4.74 Å². The van der Waals surface area contributed by atoms with Crippen molar-refractivity contribution in [1.82, 2.24) is 0 Å². The fourth-order valence-electron chi connectivity index (χ4n) is 5.41. The summed E-state index contributed by atoms with van der Waals surface area (Å²) >= 11 is 0. The van der Waals surface area contributed by atoms with Crippen LogP contribution in [0.5, 0.6) is 0 Å². The molecule has 0 rings (SSSR count). The van der Waals surface area contributed by atoms with Crippen molar-refractivity contribution < 1.29 is 14.0 Å². The van der Waals surface area contributed by atoms with Crippen molar-refractivity contribution in [2.24, 2.45) is 0 Å². The molecule has 1 atom stereocenters. The summed E-state index contributed by atoms with van der Waals surface area (Å²) in [6.07, 6.45) is 28.4. The lowest BCUT2D eigenvalue weighted by Crippen LogP contribution is -2.65. The molecule has 0 aliphatic heterocycles. The zero-order valence-corrected chi connectivity index (χ0v) is 25.9. The van der Waals surface area contributed by atoms with Crippen molar-refractivity contribution in [1.29, 1.82) is 0 Å². The van der Waals surface area contributed by atoms with Gasteiger partial charge in [0, 0.05) is 13.3 Å². The molecule has 0 aromatic heterocycles. The molecule has 1 unspecified atom stereocenters. The van der Waals surface area contributed by atoms with Gasteiger partial charge in [0.05, 0.1) is 26.7 Å². The standard InChI is InChI=1S/C33H68NO2/c1-7-11-13-15-17-19-20-21-23-25-27-29-31-36-33(5,34(6,9-3)10-4)32(35)30-28-26-24-22-18-16-14-12-8-2/h7-31H2,1-6H3/q+1. The van der Waals surface area contributed by atoms with Crippen LogP contribution in [0.15, 0.2) is 0 Å². The molecule has 0 saturated heterocycles. The lowest BCUT2D eigenvalue weighted by atomic mass is 9.98. The van der Waals surface area contributed by atoms with Gasteiger partial charge in [-0.2, -0.15) is 0 Å². The van der Waals surface area contributed by atoms with Gasteiger partial charge in [0.1, 0.15) is 0 Å². The average Bonchev–Trinajstić information content (AvgIpc) is 2.89. The van der Waals surface area contributed by atoms with Crippen LogP contribution < -0.4 is 0 Å². The first kappa shape index (κ1) is 35.6. The molecule has 3 heteroatoms. The van der Waals surface area contributed by atoms with Crippen LogP contribution >= 0.6 is 0 Å². The number of hydrogen-bond donors (Lipinski definition) is 0. The number of hydrogen-bond acceptors (Lipinski definition) is 2. The van der Waals surface area contributed by atoms with Gasteiger partial charge in [-0.05, 0) is 26.7 Å². The molecule has 0 fully saturated rings. The molecule has 0 radical (unpaired) electrons. The number of carbonyl (C=O) groups excluding carboxylic acids is 1. The minimum absolute atomic E-state index is 0.315. The van der Waals surface area contributed by atoms with Gasteiger partial charge >= 0.3 is 0 Å². The largest absolute Gasteiger partial charge is 0.321 e. The molecule has 36 heavy (non-hydrogen) atoms. The van der Waals surface area contributed by atoms with Gasteiger partial charge in [-0.25, -0.2) is 0 Å². The molecule has 0 aromatic rings. The second-order valence-corrected chi connectivity index (χ2v) is 11.8. The highest BCUT2D eigenvalue weighted by Crippen LogP contribution is 2.28. The van der Waals surface area contributed by atoms with Crippen molar-refractivity contribution >= 4 is 5.78 Å². The minimum Gasteiger partial charge on any atom is -0.321 e. The maximum atomic E-state index is 13.4. The van der Waals surface area contributed by atoms with E-state index in [-0.39, 0.29) is 0 Å². The van der Waals surface area contributed by atoms with Crippen molar-refractivity contribution in [3.63, 3.8) is 0 Å². The molecule has 0 aliphatic rings. The van der Waals surface area contributed by atoms with E-state index in [4.69, 9.17) is 4.74 Å². The number of quaternary nitrogens is 1. The molecule has 0 aromatic carbocycles. The Morgan fingerprint density at radius 2 is 0.889 bits per heavy atom.